The van der Waals surface area contributed by atoms with Crippen LogP contribution in [-0.2, 0) is 6.54 Å². The van der Waals surface area contributed by atoms with E-state index in [0.717, 1.165) is 11.0 Å². The van der Waals surface area contributed by atoms with Crippen LogP contribution < -0.4 is 5.32 Å². The molecule has 96 valence electrons. The summed E-state index contributed by atoms with van der Waals surface area (Å²) in [6.07, 6.45) is 1.86. The first-order valence-corrected chi connectivity index (χ1v) is 6.91. The van der Waals surface area contributed by atoms with E-state index in [4.69, 9.17) is 0 Å². The number of aryl methyl sites for hydroxylation is 2. The molecule has 0 fully saturated rings. The van der Waals surface area contributed by atoms with Gasteiger partial charge in [0.15, 0.2) is 0 Å². The maximum Gasteiger partial charge on any atom is 0.0748 e. The topological polar surface area (TPSA) is 29.9 Å². The standard InChI is InChI=1S/C14H18BrN3/c1-4-18-13(7-8-17-18)14(16-3)12-6-5-11(15)9-10(12)2/h5-9,14,16H,4H2,1-3H3. The van der Waals surface area contributed by atoms with E-state index in [0.29, 0.717) is 0 Å². The fourth-order valence-corrected chi connectivity index (χ4v) is 2.75. The summed E-state index contributed by atoms with van der Waals surface area (Å²) in [4.78, 5) is 0. The average molecular weight is 308 g/mol. The lowest BCUT2D eigenvalue weighted by Crippen LogP contribution is -2.22. The van der Waals surface area contributed by atoms with Crippen molar-refractivity contribution >= 4 is 15.9 Å². The average Bonchev–Trinajstić information content (AvgIpc) is 2.81. The Morgan fingerprint density at radius 2 is 2.17 bits per heavy atom. The molecule has 0 saturated heterocycles. The molecule has 1 aromatic heterocycles. The summed E-state index contributed by atoms with van der Waals surface area (Å²) in [5.41, 5.74) is 3.76. The van der Waals surface area contributed by atoms with Crippen LogP contribution in [0.4, 0.5) is 0 Å². The third kappa shape index (κ3) is 2.49. The summed E-state index contributed by atoms with van der Waals surface area (Å²) in [7, 11) is 1.99. The van der Waals surface area contributed by atoms with Gasteiger partial charge in [-0.05, 0) is 50.2 Å². The molecule has 2 rings (SSSR count). The highest BCUT2D eigenvalue weighted by Crippen LogP contribution is 2.26. The molecular weight excluding hydrogens is 290 g/mol. The summed E-state index contributed by atoms with van der Waals surface area (Å²) in [6, 6.07) is 8.64. The van der Waals surface area contributed by atoms with Gasteiger partial charge in [0.2, 0.25) is 0 Å². The van der Waals surface area contributed by atoms with Crippen LogP contribution in [0.25, 0.3) is 0 Å². The van der Waals surface area contributed by atoms with Crippen molar-refractivity contribution in [3.05, 3.63) is 51.8 Å². The molecule has 18 heavy (non-hydrogen) atoms. The van der Waals surface area contributed by atoms with Crippen LogP contribution in [0, 0.1) is 6.92 Å². The van der Waals surface area contributed by atoms with Crippen molar-refractivity contribution in [1.29, 1.82) is 0 Å². The highest BCUT2D eigenvalue weighted by Gasteiger charge is 2.17. The van der Waals surface area contributed by atoms with Crippen LogP contribution >= 0.6 is 15.9 Å². The van der Waals surface area contributed by atoms with Crippen LogP contribution in [0.15, 0.2) is 34.9 Å². The molecule has 4 heteroatoms. The normalized spacial score (nSPS) is 12.7. The Morgan fingerprint density at radius 3 is 2.78 bits per heavy atom. The van der Waals surface area contributed by atoms with Crippen LogP contribution in [0.2, 0.25) is 0 Å². The fraction of sp³-hybridized carbons (Fsp3) is 0.357. The second-order valence-corrected chi connectivity index (χ2v) is 5.21. The zero-order valence-electron chi connectivity index (χ0n) is 10.9. The van der Waals surface area contributed by atoms with Crippen molar-refractivity contribution in [3.8, 4) is 0 Å². The largest absolute Gasteiger partial charge is 0.308 e. The third-order valence-corrected chi connectivity index (χ3v) is 3.67. The Hall–Kier alpha value is -1.13. The lowest BCUT2D eigenvalue weighted by atomic mass is 9.99. The van der Waals surface area contributed by atoms with Gasteiger partial charge in [0.05, 0.1) is 11.7 Å². The van der Waals surface area contributed by atoms with Crippen LogP contribution in [0.1, 0.15) is 29.8 Å². The fourth-order valence-electron chi connectivity index (χ4n) is 2.28. The zero-order valence-corrected chi connectivity index (χ0v) is 12.5. The number of nitrogens with one attached hydrogen (secondary N) is 1. The predicted octanol–water partition coefficient (Wildman–Crippen LogP) is 3.28. The van der Waals surface area contributed by atoms with E-state index < -0.39 is 0 Å². The van der Waals surface area contributed by atoms with Crippen LogP contribution in [-0.4, -0.2) is 16.8 Å². The Balaban J connectivity index is 2.45. The minimum absolute atomic E-state index is 0.181. The smallest absolute Gasteiger partial charge is 0.0748 e. The molecule has 3 nitrogen and oxygen atoms in total. The molecule has 1 N–H and O–H groups in total. The molecule has 1 aromatic carbocycles. The van der Waals surface area contributed by atoms with Gasteiger partial charge in [-0.25, -0.2) is 0 Å². The van der Waals surface area contributed by atoms with Gasteiger partial charge in [-0.3, -0.25) is 4.68 Å². The van der Waals surface area contributed by atoms with E-state index in [1.54, 1.807) is 0 Å². The summed E-state index contributed by atoms with van der Waals surface area (Å²) < 4.78 is 3.14. The highest BCUT2D eigenvalue weighted by atomic mass is 79.9. The number of hydrogen-bond acceptors (Lipinski definition) is 2. The maximum atomic E-state index is 4.34. The molecule has 0 aliphatic heterocycles. The molecule has 0 amide bonds. The van der Waals surface area contributed by atoms with Crippen molar-refractivity contribution in [1.82, 2.24) is 15.1 Å². The summed E-state index contributed by atoms with van der Waals surface area (Å²) in [6.45, 7) is 5.13. The molecule has 1 atom stereocenters. The molecule has 1 heterocycles. The number of halogens is 1. The number of benzene rings is 1. The number of nitrogens with zero attached hydrogens (tertiary/aromatic N) is 2. The summed E-state index contributed by atoms with van der Waals surface area (Å²) >= 11 is 3.51. The minimum atomic E-state index is 0.181. The number of rotatable bonds is 4. The molecule has 0 aliphatic carbocycles. The monoisotopic (exact) mass is 307 g/mol. The first-order valence-electron chi connectivity index (χ1n) is 6.12. The Morgan fingerprint density at radius 1 is 1.39 bits per heavy atom. The van der Waals surface area contributed by atoms with E-state index in [1.807, 2.05) is 17.9 Å². The van der Waals surface area contributed by atoms with E-state index >= 15 is 0 Å². The van der Waals surface area contributed by atoms with Gasteiger partial charge < -0.3 is 5.32 Å². The van der Waals surface area contributed by atoms with Crippen molar-refractivity contribution in [2.75, 3.05) is 7.05 Å². The maximum absolute atomic E-state index is 4.34. The molecular formula is C14H18BrN3. The minimum Gasteiger partial charge on any atom is -0.308 e. The second kappa shape index (κ2) is 5.67. The molecule has 0 radical (unpaired) electrons. The van der Waals surface area contributed by atoms with Gasteiger partial charge in [0, 0.05) is 17.2 Å². The predicted molar refractivity (Wildman–Crippen MR) is 77.7 cm³/mol. The molecule has 0 bridgehead atoms. The van der Waals surface area contributed by atoms with Crippen molar-refractivity contribution < 1.29 is 0 Å². The van der Waals surface area contributed by atoms with Gasteiger partial charge in [-0.15, -0.1) is 0 Å². The molecule has 2 aromatic rings. The van der Waals surface area contributed by atoms with Gasteiger partial charge in [0.1, 0.15) is 0 Å². The highest BCUT2D eigenvalue weighted by molar-refractivity contribution is 9.10. The quantitative estimate of drug-likeness (QED) is 0.939. The van der Waals surface area contributed by atoms with Gasteiger partial charge in [0.25, 0.3) is 0 Å². The third-order valence-electron chi connectivity index (χ3n) is 3.18. The molecule has 1 unspecified atom stereocenters. The lowest BCUT2D eigenvalue weighted by Gasteiger charge is -2.20. The van der Waals surface area contributed by atoms with Gasteiger partial charge >= 0.3 is 0 Å². The Bertz CT molecular complexity index is 534. The van der Waals surface area contributed by atoms with Crippen LogP contribution in [0.3, 0.4) is 0 Å². The van der Waals surface area contributed by atoms with Gasteiger partial charge in [-0.1, -0.05) is 22.0 Å². The first-order chi connectivity index (χ1) is 8.67. The molecule has 0 aliphatic rings. The van der Waals surface area contributed by atoms with Crippen molar-refractivity contribution in [2.24, 2.45) is 0 Å². The number of hydrogen-bond donors (Lipinski definition) is 1. The Labute approximate surface area is 116 Å². The SMILES string of the molecule is CCn1nccc1C(NC)c1ccc(Br)cc1C. The zero-order chi connectivity index (χ0) is 13.1. The second-order valence-electron chi connectivity index (χ2n) is 4.29. The summed E-state index contributed by atoms with van der Waals surface area (Å²) in [5, 5.41) is 7.72. The molecule has 0 saturated carbocycles. The van der Waals surface area contributed by atoms with Crippen molar-refractivity contribution in [2.45, 2.75) is 26.4 Å². The van der Waals surface area contributed by atoms with E-state index in [-0.39, 0.29) is 6.04 Å². The lowest BCUT2D eigenvalue weighted by molar-refractivity contribution is 0.562. The Kier molecular flexibility index (Phi) is 4.19. The summed E-state index contributed by atoms with van der Waals surface area (Å²) in [5.74, 6) is 0. The van der Waals surface area contributed by atoms with Crippen molar-refractivity contribution in [3.63, 3.8) is 0 Å². The number of aromatic nitrogens is 2. The molecule has 0 spiro atoms. The first kappa shape index (κ1) is 13.3. The van der Waals surface area contributed by atoms with Crippen LogP contribution in [0.5, 0.6) is 0 Å². The van der Waals surface area contributed by atoms with Gasteiger partial charge in [-0.2, -0.15) is 5.10 Å². The van der Waals surface area contributed by atoms with E-state index in [9.17, 15) is 0 Å². The van der Waals surface area contributed by atoms with E-state index in [2.05, 4.69) is 64.5 Å². The van der Waals surface area contributed by atoms with E-state index in [1.165, 1.54) is 16.8 Å².